The van der Waals surface area contributed by atoms with Crippen molar-refractivity contribution in [2.45, 2.75) is 6.42 Å². The molecule has 98 valence electrons. The van der Waals surface area contributed by atoms with Gasteiger partial charge >= 0.3 is 0 Å². The number of hydrogen-bond acceptors (Lipinski definition) is 6. The van der Waals surface area contributed by atoms with Crippen LogP contribution in [-0.4, -0.2) is 37.0 Å². The molecule has 0 amide bonds. The molecule has 0 saturated carbocycles. The van der Waals surface area contributed by atoms with Crippen molar-refractivity contribution in [3.63, 3.8) is 0 Å². The molecule has 2 aromatic rings. The predicted molar refractivity (Wildman–Crippen MR) is 73.8 cm³/mol. The summed E-state index contributed by atoms with van der Waals surface area (Å²) in [7, 11) is 1.69. The molecular formula is C11H14BrN3O2S. The second-order valence-electron chi connectivity index (χ2n) is 3.60. The van der Waals surface area contributed by atoms with Crippen molar-refractivity contribution in [1.82, 2.24) is 15.5 Å². The van der Waals surface area contributed by atoms with E-state index in [0.717, 1.165) is 41.9 Å². The molecule has 0 atom stereocenters. The lowest BCUT2D eigenvalue weighted by Crippen LogP contribution is -2.21. The number of aromatic nitrogens is 2. The first-order chi connectivity index (χ1) is 8.79. The Morgan fingerprint density at radius 1 is 1.39 bits per heavy atom. The zero-order chi connectivity index (χ0) is 12.8. The molecule has 7 heteroatoms. The summed E-state index contributed by atoms with van der Waals surface area (Å²) in [5.41, 5.74) is 0. The largest absolute Gasteiger partial charge is 0.447 e. The highest BCUT2D eigenvalue weighted by atomic mass is 79.9. The summed E-state index contributed by atoms with van der Waals surface area (Å²) < 4.78 is 11.1. The number of furan rings is 1. The maximum absolute atomic E-state index is 5.43. The van der Waals surface area contributed by atoms with Gasteiger partial charge in [0, 0.05) is 26.6 Å². The summed E-state index contributed by atoms with van der Waals surface area (Å²) in [5, 5.41) is 13.3. The predicted octanol–water partition coefficient (Wildman–Crippen LogP) is 2.34. The van der Waals surface area contributed by atoms with Crippen molar-refractivity contribution in [1.29, 1.82) is 0 Å². The smallest absolute Gasteiger partial charge is 0.183 e. The average Bonchev–Trinajstić information content (AvgIpc) is 2.97. The van der Waals surface area contributed by atoms with Crippen LogP contribution in [0.1, 0.15) is 5.01 Å². The number of hydrogen-bond donors (Lipinski definition) is 1. The number of halogens is 1. The topological polar surface area (TPSA) is 60.2 Å². The molecule has 0 aliphatic carbocycles. The fourth-order valence-corrected chi connectivity index (χ4v) is 2.49. The number of rotatable bonds is 7. The van der Waals surface area contributed by atoms with Crippen molar-refractivity contribution in [2.24, 2.45) is 0 Å². The van der Waals surface area contributed by atoms with Crippen LogP contribution in [0.5, 0.6) is 0 Å². The molecular weight excluding hydrogens is 318 g/mol. The summed E-state index contributed by atoms with van der Waals surface area (Å²) in [6.45, 7) is 2.45. The van der Waals surface area contributed by atoms with E-state index in [1.165, 1.54) is 0 Å². The van der Waals surface area contributed by atoms with Gasteiger partial charge in [-0.15, -0.1) is 10.2 Å². The molecule has 18 heavy (non-hydrogen) atoms. The fourth-order valence-electron chi connectivity index (χ4n) is 1.38. The second-order valence-corrected chi connectivity index (χ2v) is 5.44. The van der Waals surface area contributed by atoms with Gasteiger partial charge < -0.3 is 14.5 Å². The van der Waals surface area contributed by atoms with Crippen LogP contribution in [0.3, 0.4) is 0 Å². The molecule has 0 unspecified atom stereocenters. The Kier molecular flexibility index (Phi) is 5.30. The van der Waals surface area contributed by atoms with Gasteiger partial charge in [0.1, 0.15) is 5.01 Å². The van der Waals surface area contributed by atoms with Crippen LogP contribution in [0.2, 0.25) is 0 Å². The van der Waals surface area contributed by atoms with E-state index in [1.807, 2.05) is 12.1 Å². The van der Waals surface area contributed by atoms with E-state index < -0.39 is 0 Å². The first-order valence-corrected chi connectivity index (χ1v) is 7.18. The molecule has 5 nitrogen and oxygen atoms in total. The minimum Gasteiger partial charge on any atom is -0.447 e. The van der Waals surface area contributed by atoms with Gasteiger partial charge in [0.25, 0.3) is 0 Å². The third-order valence-corrected chi connectivity index (χ3v) is 3.67. The Balaban J connectivity index is 1.83. The summed E-state index contributed by atoms with van der Waals surface area (Å²) in [4.78, 5) is 0. The van der Waals surface area contributed by atoms with Crippen molar-refractivity contribution in [2.75, 3.05) is 26.8 Å². The van der Waals surface area contributed by atoms with Crippen molar-refractivity contribution in [3.8, 4) is 10.8 Å². The quantitative estimate of drug-likeness (QED) is 0.789. The highest BCUT2D eigenvalue weighted by molar-refractivity contribution is 9.10. The van der Waals surface area contributed by atoms with Crippen LogP contribution in [-0.2, 0) is 11.2 Å². The fraction of sp³-hybridized carbons (Fsp3) is 0.455. The molecule has 0 aromatic carbocycles. The van der Waals surface area contributed by atoms with Gasteiger partial charge in [0.2, 0.25) is 0 Å². The number of nitrogens with zero attached hydrogens (tertiary/aromatic N) is 2. The molecule has 2 rings (SSSR count). The van der Waals surface area contributed by atoms with E-state index in [9.17, 15) is 0 Å². The first kappa shape index (κ1) is 13.7. The van der Waals surface area contributed by atoms with E-state index >= 15 is 0 Å². The van der Waals surface area contributed by atoms with Crippen molar-refractivity contribution >= 4 is 27.3 Å². The lowest BCUT2D eigenvalue weighted by molar-refractivity contribution is 0.199. The van der Waals surface area contributed by atoms with Crippen molar-refractivity contribution < 1.29 is 9.15 Å². The van der Waals surface area contributed by atoms with Crippen LogP contribution in [0.4, 0.5) is 0 Å². The molecule has 0 aliphatic heterocycles. The molecule has 0 fully saturated rings. The Hall–Kier alpha value is -0.760. The lowest BCUT2D eigenvalue weighted by Gasteiger charge is -2.00. The first-order valence-electron chi connectivity index (χ1n) is 5.57. The third-order valence-electron chi connectivity index (χ3n) is 2.25. The average molecular weight is 332 g/mol. The van der Waals surface area contributed by atoms with E-state index in [1.54, 1.807) is 18.4 Å². The minimum atomic E-state index is 0.704. The second kappa shape index (κ2) is 6.98. The van der Waals surface area contributed by atoms with Crippen LogP contribution in [0, 0.1) is 0 Å². The molecule has 0 aliphatic rings. The SMILES string of the molecule is COCCNCCc1nnc(-c2ccc(Br)o2)s1. The number of nitrogens with one attached hydrogen (secondary N) is 1. The lowest BCUT2D eigenvalue weighted by atomic mass is 10.4. The Morgan fingerprint density at radius 3 is 3.00 bits per heavy atom. The molecule has 0 spiro atoms. The number of methoxy groups -OCH3 is 1. The molecule has 0 bridgehead atoms. The standard InChI is InChI=1S/C11H14BrN3O2S/c1-16-7-6-13-5-4-10-14-15-11(18-10)8-2-3-9(12)17-8/h2-3,13H,4-7H2,1H3. The Labute approximate surface area is 118 Å². The van der Waals surface area contributed by atoms with Gasteiger partial charge in [-0.05, 0) is 28.1 Å². The maximum atomic E-state index is 5.43. The molecule has 0 radical (unpaired) electrons. The molecule has 1 N–H and O–H groups in total. The van der Waals surface area contributed by atoms with Gasteiger partial charge in [0.05, 0.1) is 6.61 Å². The highest BCUT2D eigenvalue weighted by Gasteiger charge is 2.09. The summed E-state index contributed by atoms with van der Waals surface area (Å²) in [6.07, 6.45) is 0.864. The molecule has 2 heterocycles. The summed E-state index contributed by atoms with van der Waals surface area (Å²) in [6, 6.07) is 3.73. The van der Waals surface area contributed by atoms with Crippen LogP contribution in [0.15, 0.2) is 21.2 Å². The van der Waals surface area contributed by atoms with E-state index in [-0.39, 0.29) is 0 Å². The van der Waals surface area contributed by atoms with E-state index in [4.69, 9.17) is 9.15 Å². The van der Waals surface area contributed by atoms with E-state index in [0.29, 0.717) is 4.67 Å². The van der Waals surface area contributed by atoms with Crippen LogP contribution in [0.25, 0.3) is 10.8 Å². The summed E-state index contributed by atoms with van der Waals surface area (Å²) >= 11 is 4.83. The third kappa shape index (κ3) is 3.88. The Morgan fingerprint density at radius 2 is 2.28 bits per heavy atom. The highest BCUT2D eigenvalue weighted by Crippen LogP contribution is 2.27. The molecule has 2 aromatic heterocycles. The number of ether oxygens (including phenoxy) is 1. The summed E-state index contributed by atoms with van der Waals surface area (Å²) in [5.74, 6) is 0.748. The minimum absolute atomic E-state index is 0.704. The normalized spacial score (nSPS) is 11.0. The van der Waals surface area contributed by atoms with Gasteiger partial charge in [-0.1, -0.05) is 11.3 Å². The van der Waals surface area contributed by atoms with Crippen LogP contribution < -0.4 is 5.32 Å². The van der Waals surface area contributed by atoms with Gasteiger partial charge in [-0.3, -0.25) is 0 Å². The van der Waals surface area contributed by atoms with Gasteiger partial charge in [-0.2, -0.15) is 0 Å². The zero-order valence-corrected chi connectivity index (χ0v) is 12.4. The zero-order valence-electron chi connectivity index (χ0n) is 9.98. The molecule has 0 saturated heterocycles. The maximum Gasteiger partial charge on any atom is 0.183 e. The van der Waals surface area contributed by atoms with Crippen molar-refractivity contribution in [3.05, 3.63) is 21.8 Å². The monoisotopic (exact) mass is 331 g/mol. The van der Waals surface area contributed by atoms with Gasteiger partial charge in [-0.25, -0.2) is 0 Å². The van der Waals surface area contributed by atoms with Crippen LogP contribution >= 0.6 is 27.3 Å². The van der Waals surface area contributed by atoms with E-state index in [2.05, 4.69) is 31.4 Å². The Bertz CT molecular complexity index is 486. The van der Waals surface area contributed by atoms with Gasteiger partial charge in [0.15, 0.2) is 15.4 Å².